The molecule has 5 heteroatoms. The maximum Gasteiger partial charge on any atom is 0.203 e. The van der Waals surface area contributed by atoms with Gasteiger partial charge in [-0.2, -0.15) is 0 Å². The highest BCUT2D eigenvalue weighted by molar-refractivity contribution is 9.10. The molecule has 0 aliphatic heterocycles. The summed E-state index contributed by atoms with van der Waals surface area (Å²) in [5.74, 6) is 0.636. The standard InChI is InChI=1S/C12H15BrO4/c1-7(4-5-14)10-8(13)6-9(16-2)12(17-3)11(10)15/h5-7,15H,4H2,1-3H3. The largest absolute Gasteiger partial charge is 0.504 e. The molecule has 0 fully saturated rings. The fraction of sp³-hybridized carbons (Fsp3) is 0.417. The molecule has 17 heavy (non-hydrogen) atoms. The van der Waals surface area contributed by atoms with E-state index in [1.54, 1.807) is 6.07 Å². The van der Waals surface area contributed by atoms with Gasteiger partial charge in [0.15, 0.2) is 11.5 Å². The molecular formula is C12H15BrO4. The van der Waals surface area contributed by atoms with Gasteiger partial charge in [-0.05, 0) is 12.0 Å². The molecule has 0 amide bonds. The second-order valence-corrected chi connectivity index (χ2v) is 4.51. The second-order valence-electron chi connectivity index (χ2n) is 3.66. The number of ether oxygens (including phenoxy) is 2. The molecule has 94 valence electrons. The molecule has 1 atom stereocenters. The lowest BCUT2D eigenvalue weighted by Gasteiger charge is -2.17. The van der Waals surface area contributed by atoms with Gasteiger partial charge in [-0.15, -0.1) is 0 Å². The Bertz CT molecular complexity index is 417. The number of phenolic OH excluding ortho intramolecular Hbond substituents is 1. The first-order valence-corrected chi connectivity index (χ1v) is 5.93. The molecule has 0 spiro atoms. The zero-order chi connectivity index (χ0) is 13.0. The van der Waals surface area contributed by atoms with Crippen LogP contribution >= 0.6 is 15.9 Å². The van der Waals surface area contributed by atoms with Gasteiger partial charge in [-0.1, -0.05) is 22.9 Å². The normalized spacial score (nSPS) is 12.0. The molecule has 1 aromatic carbocycles. The molecule has 1 aromatic rings. The summed E-state index contributed by atoms with van der Waals surface area (Å²) < 4.78 is 10.9. The molecule has 0 saturated carbocycles. The quantitative estimate of drug-likeness (QED) is 0.850. The van der Waals surface area contributed by atoms with E-state index in [0.717, 1.165) is 6.29 Å². The fourth-order valence-electron chi connectivity index (χ4n) is 1.69. The summed E-state index contributed by atoms with van der Waals surface area (Å²) in [4.78, 5) is 10.5. The third kappa shape index (κ3) is 2.72. The third-order valence-electron chi connectivity index (χ3n) is 2.58. The van der Waals surface area contributed by atoms with E-state index in [4.69, 9.17) is 9.47 Å². The molecule has 0 saturated heterocycles. The van der Waals surface area contributed by atoms with Crippen molar-refractivity contribution in [3.63, 3.8) is 0 Å². The Morgan fingerprint density at radius 3 is 2.59 bits per heavy atom. The van der Waals surface area contributed by atoms with Gasteiger partial charge in [-0.3, -0.25) is 0 Å². The van der Waals surface area contributed by atoms with E-state index in [1.165, 1.54) is 14.2 Å². The zero-order valence-electron chi connectivity index (χ0n) is 9.99. The van der Waals surface area contributed by atoms with E-state index in [9.17, 15) is 9.90 Å². The molecule has 0 radical (unpaired) electrons. The Hall–Kier alpha value is -1.23. The summed E-state index contributed by atoms with van der Waals surface area (Å²) in [5.41, 5.74) is 0.648. The summed E-state index contributed by atoms with van der Waals surface area (Å²) in [7, 11) is 2.96. The number of halogens is 1. The van der Waals surface area contributed by atoms with Gasteiger partial charge in [-0.25, -0.2) is 0 Å². The number of carbonyl (C=O) groups excluding carboxylic acids is 1. The van der Waals surface area contributed by atoms with Crippen LogP contribution in [0.5, 0.6) is 17.2 Å². The van der Waals surface area contributed by atoms with Gasteiger partial charge in [0.25, 0.3) is 0 Å². The van der Waals surface area contributed by atoms with E-state index < -0.39 is 0 Å². The van der Waals surface area contributed by atoms with Crippen LogP contribution in [0.15, 0.2) is 10.5 Å². The molecule has 0 heterocycles. The number of carbonyl (C=O) groups is 1. The van der Waals surface area contributed by atoms with Gasteiger partial charge in [0.2, 0.25) is 5.75 Å². The minimum Gasteiger partial charge on any atom is -0.504 e. The summed E-state index contributed by atoms with van der Waals surface area (Å²) in [6, 6.07) is 1.72. The number of benzene rings is 1. The smallest absolute Gasteiger partial charge is 0.203 e. The van der Waals surface area contributed by atoms with Crippen LogP contribution in [0.2, 0.25) is 0 Å². The molecular weight excluding hydrogens is 288 g/mol. The molecule has 0 aliphatic rings. The van der Waals surface area contributed by atoms with Crippen molar-refractivity contribution in [2.24, 2.45) is 0 Å². The van der Waals surface area contributed by atoms with E-state index in [1.807, 2.05) is 6.92 Å². The van der Waals surface area contributed by atoms with Crippen molar-refractivity contribution in [1.29, 1.82) is 0 Å². The van der Waals surface area contributed by atoms with Crippen LogP contribution in [-0.2, 0) is 4.79 Å². The Balaban J connectivity index is 3.35. The number of aromatic hydroxyl groups is 1. The maximum absolute atomic E-state index is 10.5. The lowest BCUT2D eigenvalue weighted by molar-refractivity contribution is -0.108. The molecule has 0 bridgehead atoms. The molecule has 1 unspecified atom stereocenters. The number of phenols is 1. The number of rotatable bonds is 5. The average molecular weight is 303 g/mol. The van der Waals surface area contributed by atoms with E-state index in [0.29, 0.717) is 22.2 Å². The highest BCUT2D eigenvalue weighted by Crippen LogP contribution is 2.46. The van der Waals surface area contributed by atoms with Gasteiger partial charge in [0.1, 0.15) is 6.29 Å². The number of hydrogen-bond donors (Lipinski definition) is 1. The lowest BCUT2D eigenvalue weighted by atomic mass is 9.97. The monoisotopic (exact) mass is 302 g/mol. The van der Waals surface area contributed by atoms with Crippen LogP contribution < -0.4 is 9.47 Å². The molecule has 0 aliphatic carbocycles. The Labute approximate surface area is 109 Å². The first kappa shape index (κ1) is 13.8. The molecule has 4 nitrogen and oxygen atoms in total. The Kier molecular flexibility index (Phi) is 4.81. The first-order chi connectivity index (χ1) is 8.06. The van der Waals surface area contributed by atoms with Crippen LogP contribution in [-0.4, -0.2) is 25.6 Å². The van der Waals surface area contributed by atoms with Crippen LogP contribution in [0, 0.1) is 0 Å². The maximum atomic E-state index is 10.5. The highest BCUT2D eigenvalue weighted by Gasteiger charge is 2.21. The minimum atomic E-state index is -0.0957. The SMILES string of the molecule is COc1cc(Br)c(C(C)CC=O)c(O)c1OC. The van der Waals surface area contributed by atoms with Crippen LogP contribution in [0.4, 0.5) is 0 Å². The molecule has 0 aromatic heterocycles. The van der Waals surface area contributed by atoms with Crippen molar-refractivity contribution in [1.82, 2.24) is 0 Å². The van der Waals surface area contributed by atoms with Crippen LogP contribution in [0.1, 0.15) is 24.8 Å². The van der Waals surface area contributed by atoms with Crippen LogP contribution in [0.3, 0.4) is 0 Å². The predicted octanol–water partition coefficient (Wildman–Crippen LogP) is 2.86. The van der Waals surface area contributed by atoms with Crippen molar-refractivity contribution >= 4 is 22.2 Å². The number of hydrogen-bond acceptors (Lipinski definition) is 4. The van der Waals surface area contributed by atoms with E-state index in [-0.39, 0.29) is 17.4 Å². The summed E-state index contributed by atoms with van der Waals surface area (Å²) in [6.07, 6.45) is 1.16. The van der Waals surface area contributed by atoms with Gasteiger partial charge < -0.3 is 19.4 Å². The van der Waals surface area contributed by atoms with E-state index in [2.05, 4.69) is 15.9 Å². The average Bonchev–Trinajstić information content (AvgIpc) is 2.28. The van der Waals surface area contributed by atoms with E-state index >= 15 is 0 Å². The minimum absolute atomic E-state index is 0.00748. The molecule has 1 N–H and O–H groups in total. The zero-order valence-corrected chi connectivity index (χ0v) is 11.6. The topological polar surface area (TPSA) is 55.8 Å². The Morgan fingerprint density at radius 2 is 2.12 bits per heavy atom. The predicted molar refractivity (Wildman–Crippen MR) is 68.0 cm³/mol. The fourth-order valence-corrected chi connectivity index (χ4v) is 2.48. The van der Waals surface area contributed by atoms with Gasteiger partial charge >= 0.3 is 0 Å². The van der Waals surface area contributed by atoms with Crippen molar-refractivity contribution in [2.75, 3.05) is 14.2 Å². The molecule has 1 rings (SSSR count). The summed E-state index contributed by atoms with van der Waals surface area (Å²) in [6.45, 7) is 1.86. The van der Waals surface area contributed by atoms with Crippen molar-refractivity contribution in [2.45, 2.75) is 19.3 Å². The van der Waals surface area contributed by atoms with Gasteiger partial charge in [0.05, 0.1) is 14.2 Å². The van der Waals surface area contributed by atoms with Crippen LogP contribution in [0.25, 0.3) is 0 Å². The summed E-state index contributed by atoms with van der Waals surface area (Å²) in [5, 5.41) is 10.1. The Morgan fingerprint density at radius 1 is 1.47 bits per heavy atom. The van der Waals surface area contributed by atoms with Crippen molar-refractivity contribution in [3.05, 3.63) is 16.1 Å². The van der Waals surface area contributed by atoms with Crippen molar-refractivity contribution in [3.8, 4) is 17.2 Å². The number of methoxy groups -OCH3 is 2. The van der Waals surface area contributed by atoms with Crippen molar-refractivity contribution < 1.29 is 19.4 Å². The third-order valence-corrected chi connectivity index (χ3v) is 3.23. The highest BCUT2D eigenvalue weighted by atomic mass is 79.9. The summed E-state index contributed by atoms with van der Waals surface area (Å²) >= 11 is 3.36. The van der Waals surface area contributed by atoms with Gasteiger partial charge in [0, 0.05) is 16.5 Å². The number of aldehydes is 1. The lowest BCUT2D eigenvalue weighted by Crippen LogP contribution is -2.00. The first-order valence-electron chi connectivity index (χ1n) is 5.13. The second kappa shape index (κ2) is 5.91.